The largest absolute Gasteiger partial charge is 0.780 e. The molecule has 0 spiro atoms. The molecule has 0 radical (unpaired) electrons. The number of hydrogen-bond donors (Lipinski definition) is 2. The van der Waals surface area contributed by atoms with Crippen molar-refractivity contribution < 1.29 is 40.7 Å². The molecule has 88 valence electrons. The van der Waals surface area contributed by atoms with Gasteiger partial charge in [0.05, 0.1) is 0 Å². The molecule has 18 N–H and O–H groups in total. The van der Waals surface area contributed by atoms with E-state index in [-0.39, 0.29) is 39.7 Å². The van der Waals surface area contributed by atoms with Crippen LogP contribution in [0.25, 0.3) is 0 Å². The lowest BCUT2D eigenvalue weighted by atomic mass is 14.0. The van der Waals surface area contributed by atoms with Crippen LogP contribution in [0.4, 0.5) is 0 Å². The summed E-state index contributed by atoms with van der Waals surface area (Å²) in [6.07, 6.45) is 0. The second-order valence-electron chi connectivity index (χ2n) is 0.408. The molecule has 0 atom stereocenters. The fourth-order valence-electron chi connectivity index (χ4n) is 0. The molecule has 0 aromatic rings. The average molecular weight is 238 g/mol. The minimum atomic E-state index is -4.33. The summed E-state index contributed by atoms with van der Waals surface area (Å²) in [6.45, 7) is 0. The summed E-state index contributed by atoms with van der Waals surface area (Å²) in [7, 11) is -4.33. The lowest BCUT2D eigenvalue weighted by Crippen LogP contribution is -1.88. The number of rotatable bonds is 0. The van der Waals surface area contributed by atoms with Gasteiger partial charge >= 0.3 is 0 Å². The normalized spacial score (nSPS) is 4.83. The molecular formula is H18N2O8S2. The quantitative estimate of drug-likeness (QED) is 0.421. The van der Waals surface area contributed by atoms with Crippen LogP contribution >= 0.6 is 0 Å². The molecule has 0 aliphatic carbocycles. The molecule has 0 aliphatic heterocycles. The fourth-order valence-corrected chi connectivity index (χ4v) is 0. The topological polar surface area (TPSA) is 294 Å². The Labute approximate surface area is 74.0 Å². The Bertz CT molecular complexity index is 98.2. The molecule has 0 bridgehead atoms. The molecule has 12 heavy (non-hydrogen) atoms. The highest BCUT2D eigenvalue weighted by atomic mass is 32.9. The first-order valence-corrected chi connectivity index (χ1v) is 3.00. The molecule has 0 aliphatic rings. The van der Waals surface area contributed by atoms with E-state index in [4.69, 9.17) is 13.3 Å². The van der Waals surface area contributed by atoms with Gasteiger partial charge in [0.25, 0.3) is 0 Å². The van der Waals surface area contributed by atoms with E-state index < -0.39 is 9.05 Å². The van der Waals surface area contributed by atoms with Crippen molar-refractivity contribution in [3.05, 3.63) is 0 Å². The third-order valence-corrected chi connectivity index (χ3v) is 0. The Kier molecular flexibility index (Phi) is 230. The third kappa shape index (κ3) is 8130000. The Hall–Kier alpha value is 0.01000. The third-order valence-electron chi connectivity index (χ3n) is 0. The van der Waals surface area contributed by atoms with Gasteiger partial charge in [-0.25, -0.2) is 0 Å². The Morgan fingerprint density at radius 1 is 0.833 bits per heavy atom. The van der Waals surface area contributed by atoms with Crippen molar-refractivity contribution in [3.63, 3.8) is 0 Å². The van der Waals surface area contributed by atoms with E-state index in [1.165, 1.54) is 0 Å². The van der Waals surface area contributed by atoms with Crippen molar-refractivity contribution in [3.8, 4) is 0 Å². The smallest absolute Gasteiger partial charge is 0.0484 e. The summed E-state index contributed by atoms with van der Waals surface area (Å²) in [5, 5.41) is 0. The molecule has 12 heteroatoms. The van der Waals surface area contributed by atoms with E-state index in [1.807, 2.05) is 0 Å². The van der Waals surface area contributed by atoms with Gasteiger partial charge in [-0.15, -0.1) is 9.05 Å². The zero-order valence-electron chi connectivity index (χ0n) is 6.54. The minimum absolute atomic E-state index is 0. The molecule has 0 amide bonds. The standard InChI is InChI=1S/2H3N.H2O3S2.5H2O/c;;1-5(2,3)4;;;;;/h2*1H3;(H2,1,2,3,4);5*1H2. The molecule has 0 heterocycles. The minimum Gasteiger partial charge on any atom is -0.780 e. The van der Waals surface area contributed by atoms with Crippen LogP contribution in [0.3, 0.4) is 0 Å². The molecule has 0 unspecified atom stereocenters. The van der Waals surface area contributed by atoms with Gasteiger partial charge in [0.15, 0.2) is 0 Å². The molecular weight excluding hydrogens is 220 g/mol. The fraction of sp³-hybridized carbons (Fsp3) is 0. The van der Waals surface area contributed by atoms with Gasteiger partial charge in [-0.3, -0.25) is 4.21 Å². The molecule has 0 aromatic heterocycles. The van der Waals surface area contributed by atoms with Crippen LogP contribution in [0.1, 0.15) is 0 Å². The zero-order valence-corrected chi connectivity index (χ0v) is 8.17. The van der Waals surface area contributed by atoms with Gasteiger partial charge in [0, 0.05) is 0 Å². The predicted molar refractivity (Wildman–Crippen MR) is 47.1 cm³/mol. The first-order chi connectivity index (χ1) is 2.00. The maximum atomic E-state index is 8.89. The van der Waals surface area contributed by atoms with Crippen molar-refractivity contribution in [2.75, 3.05) is 0 Å². The molecule has 0 aromatic carbocycles. The zero-order chi connectivity index (χ0) is 4.50. The van der Waals surface area contributed by atoms with Crippen LogP contribution in [-0.2, 0) is 20.2 Å². The van der Waals surface area contributed by atoms with Crippen molar-refractivity contribution in [2.24, 2.45) is 0 Å². The summed E-state index contributed by atoms with van der Waals surface area (Å²) in [5.74, 6) is 0. The van der Waals surface area contributed by atoms with E-state index in [9.17, 15) is 0 Å². The summed E-state index contributed by atoms with van der Waals surface area (Å²) in [6, 6.07) is 0. The van der Waals surface area contributed by atoms with Gasteiger partial charge in [-0.05, 0) is 11.2 Å². The van der Waals surface area contributed by atoms with Gasteiger partial charge in [0.1, 0.15) is 0 Å². The number of hydrogen-bond acceptors (Lipinski definition) is 4. The van der Waals surface area contributed by atoms with Crippen molar-refractivity contribution in [1.82, 2.24) is 12.3 Å². The summed E-state index contributed by atoms with van der Waals surface area (Å²) in [5.41, 5.74) is 0. The van der Waals surface area contributed by atoms with E-state index in [0.29, 0.717) is 0 Å². The number of quaternary nitrogens is 2. The maximum absolute atomic E-state index is 8.89. The van der Waals surface area contributed by atoms with Crippen LogP contribution in [-0.4, -0.2) is 40.7 Å². The van der Waals surface area contributed by atoms with E-state index in [2.05, 4.69) is 11.2 Å². The van der Waals surface area contributed by atoms with Crippen LogP contribution < -0.4 is 12.3 Å². The monoisotopic (exact) mass is 238 g/mol. The molecule has 10 nitrogen and oxygen atoms in total. The average Bonchev–Trinajstić information content (AvgIpc) is 0.722. The summed E-state index contributed by atoms with van der Waals surface area (Å²) in [4.78, 5) is 0. The Balaban J connectivity index is -0.00000000381. The van der Waals surface area contributed by atoms with Gasteiger partial charge in [-0.2, -0.15) is 0 Å². The van der Waals surface area contributed by atoms with E-state index >= 15 is 0 Å². The first kappa shape index (κ1) is 90.5. The van der Waals surface area contributed by atoms with Crippen LogP contribution in [0.5, 0.6) is 0 Å². The SMILES string of the molecule is O.O.O.O.O.O=S([O-])([O-])=S.[NH4+].[NH4+]. The lowest BCUT2D eigenvalue weighted by Gasteiger charge is -2.12. The van der Waals surface area contributed by atoms with Crippen molar-refractivity contribution in [2.45, 2.75) is 0 Å². The Morgan fingerprint density at radius 2 is 0.833 bits per heavy atom. The highest BCUT2D eigenvalue weighted by Gasteiger charge is 1.43. The predicted octanol–water partition coefficient (Wildman–Crippen LogP) is -4.38. The molecule has 0 saturated carbocycles. The van der Waals surface area contributed by atoms with Gasteiger partial charge < -0.3 is 48.8 Å². The van der Waals surface area contributed by atoms with E-state index in [0.717, 1.165) is 0 Å². The summed E-state index contributed by atoms with van der Waals surface area (Å²) >= 11 is 3.24. The van der Waals surface area contributed by atoms with Crippen LogP contribution in [0.2, 0.25) is 0 Å². The lowest BCUT2D eigenvalue weighted by molar-refractivity contribution is 0.416. The highest BCUT2D eigenvalue weighted by molar-refractivity contribution is 8.26. The first-order valence-electron chi connectivity index (χ1n) is 0.667. The van der Waals surface area contributed by atoms with Crippen molar-refractivity contribution in [1.29, 1.82) is 0 Å². The second kappa shape index (κ2) is 30.5. The van der Waals surface area contributed by atoms with Crippen LogP contribution in [0.15, 0.2) is 0 Å². The summed E-state index contributed by atoms with van der Waals surface area (Å²) < 4.78 is 26.7. The highest BCUT2D eigenvalue weighted by Crippen LogP contribution is 1.60. The molecule has 0 saturated heterocycles. The Morgan fingerprint density at radius 3 is 0.833 bits per heavy atom. The van der Waals surface area contributed by atoms with E-state index in [1.54, 1.807) is 0 Å². The molecule has 0 rings (SSSR count). The van der Waals surface area contributed by atoms with Crippen LogP contribution in [0, 0.1) is 0 Å². The van der Waals surface area contributed by atoms with Gasteiger partial charge in [0.2, 0.25) is 0 Å². The maximum Gasteiger partial charge on any atom is -0.0484 e. The van der Waals surface area contributed by atoms with Gasteiger partial charge in [-0.1, -0.05) is 0 Å². The second-order valence-corrected chi connectivity index (χ2v) is 2.45. The molecule has 0 fully saturated rings. The van der Waals surface area contributed by atoms with Crippen molar-refractivity contribution >= 4 is 20.2 Å².